The first kappa shape index (κ1) is 18.5. The fourth-order valence-electron chi connectivity index (χ4n) is 3.27. The maximum Gasteiger partial charge on any atom is 0.193 e. The number of halogens is 1. The number of nitrogens with one attached hydrogen (secondary N) is 1. The lowest BCUT2D eigenvalue weighted by Gasteiger charge is -2.37. The van der Waals surface area contributed by atoms with Crippen molar-refractivity contribution in [3.63, 3.8) is 0 Å². The van der Waals surface area contributed by atoms with Gasteiger partial charge in [-0.2, -0.15) is 0 Å². The van der Waals surface area contributed by atoms with Crippen molar-refractivity contribution in [1.29, 1.82) is 0 Å². The monoisotopic (exact) mass is 371 g/mol. The molecule has 0 saturated carbocycles. The molecule has 1 aliphatic rings. The lowest BCUT2D eigenvalue weighted by molar-refractivity contribution is 0.373. The Kier molecular flexibility index (Phi) is 6.34. The molecule has 6 heteroatoms. The Balaban J connectivity index is 1.50. The summed E-state index contributed by atoms with van der Waals surface area (Å²) in [5.74, 6) is 0.974. The predicted molar refractivity (Wildman–Crippen MR) is 109 cm³/mol. The van der Waals surface area contributed by atoms with Gasteiger partial charge in [0.15, 0.2) is 5.96 Å². The van der Waals surface area contributed by atoms with Gasteiger partial charge >= 0.3 is 0 Å². The van der Waals surface area contributed by atoms with E-state index in [1.807, 2.05) is 37.6 Å². The van der Waals surface area contributed by atoms with Crippen molar-refractivity contribution in [1.82, 2.24) is 15.2 Å². The van der Waals surface area contributed by atoms with Gasteiger partial charge in [-0.3, -0.25) is 9.98 Å². The minimum atomic E-state index is 0.786. The summed E-state index contributed by atoms with van der Waals surface area (Å²) in [6, 6.07) is 10.2. The molecule has 138 valence electrons. The third-order valence-corrected chi connectivity index (χ3v) is 5.01. The van der Waals surface area contributed by atoms with Crippen LogP contribution < -0.4 is 10.2 Å². The molecule has 1 fully saturated rings. The predicted octanol–water partition coefficient (Wildman–Crippen LogP) is 2.98. The summed E-state index contributed by atoms with van der Waals surface area (Å²) in [5.41, 5.74) is 3.75. The highest BCUT2D eigenvalue weighted by Gasteiger charge is 2.19. The van der Waals surface area contributed by atoms with E-state index in [1.165, 1.54) is 16.8 Å². The average molecular weight is 372 g/mol. The SMILES string of the molecule is CN=C(NCCc1ccncc1C)N1CCN(c2cccc(Cl)c2)CC1. The number of aliphatic imine (C=N–C) groups is 1. The zero-order chi connectivity index (χ0) is 18.4. The number of aryl methyl sites for hydroxylation is 1. The van der Waals surface area contributed by atoms with E-state index in [4.69, 9.17) is 11.6 Å². The number of hydrogen-bond acceptors (Lipinski definition) is 3. The number of piperazine rings is 1. The summed E-state index contributed by atoms with van der Waals surface area (Å²) in [6.07, 6.45) is 4.74. The van der Waals surface area contributed by atoms with Crippen molar-refractivity contribution in [2.75, 3.05) is 44.7 Å². The summed E-state index contributed by atoms with van der Waals surface area (Å²) < 4.78 is 0. The van der Waals surface area contributed by atoms with Gasteiger partial charge in [0.2, 0.25) is 0 Å². The van der Waals surface area contributed by atoms with Crippen molar-refractivity contribution in [2.45, 2.75) is 13.3 Å². The van der Waals surface area contributed by atoms with Crippen molar-refractivity contribution in [3.8, 4) is 0 Å². The van der Waals surface area contributed by atoms with E-state index >= 15 is 0 Å². The van der Waals surface area contributed by atoms with E-state index in [9.17, 15) is 0 Å². The van der Waals surface area contributed by atoms with Crippen molar-refractivity contribution in [3.05, 3.63) is 58.9 Å². The number of pyridine rings is 1. The molecule has 0 radical (unpaired) electrons. The van der Waals surface area contributed by atoms with Gasteiger partial charge < -0.3 is 15.1 Å². The van der Waals surface area contributed by atoms with Crippen LogP contribution in [0.1, 0.15) is 11.1 Å². The summed E-state index contributed by atoms with van der Waals surface area (Å²) >= 11 is 6.11. The molecule has 0 spiro atoms. The van der Waals surface area contributed by atoms with Gasteiger partial charge in [0.05, 0.1) is 0 Å². The minimum absolute atomic E-state index is 0.786. The first-order valence-corrected chi connectivity index (χ1v) is 9.41. The number of anilines is 1. The topological polar surface area (TPSA) is 43.8 Å². The molecule has 1 N–H and O–H groups in total. The number of rotatable bonds is 4. The third-order valence-electron chi connectivity index (χ3n) is 4.78. The van der Waals surface area contributed by atoms with Crippen LogP contribution in [0.25, 0.3) is 0 Å². The lowest BCUT2D eigenvalue weighted by atomic mass is 10.1. The Morgan fingerprint density at radius 3 is 2.73 bits per heavy atom. The van der Waals surface area contributed by atoms with Gasteiger partial charge in [0.1, 0.15) is 0 Å². The van der Waals surface area contributed by atoms with E-state index in [2.05, 4.69) is 44.1 Å². The van der Waals surface area contributed by atoms with Gasteiger partial charge in [0, 0.05) is 62.9 Å². The van der Waals surface area contributed by atoms with Crippen molar-refractivity contribution < 1.29 is 0 Å². The van der Waals surface area contributed by atoms with Gasteiger partial charge in [-0.05, 0) is 48.7 Å². The van der Waals surface area contributed by atoms with Crippen LogP contribution in [0.3, 0.4) is 0 Å². The third kappa shape index (κ3) is 4.67. The van der Waals surface area contributed by atoms with Crippen molar-refractivity contribution >= 4 is 23.2 Å². The van der Waals surface area contributed by atoms with Crippen LogP contribution >= 0.6 is 11.6 Å². The zero-order valence-electron chi connectivity index (χ0n) is 15.5. The highest BCUT2D eigenvalue weighted by molar-refractivity contribution is 6.30. The normalized spacial score (nSPS) is 15.3. The molecular weight excluding hydrogens is 346 g/mol. The number of benzene rings is 1. The molecule has 1 aromatic heterocycles. The fraction of sp³-hybridized carbons (Fsp3) is 0.400. The highest BCUT2D eigenvalue weighted by Crippen LogP contribution is 2.20. The van der Waals surface area contributed by atoms with E-state index in [0.29, 0.717) is 0 Å². The summed E-state index contributed by atoms with van der Waals surface area (Å²) in [6.45, 7) is 6.79. The number of nitrogens with zero attached hydrogens (tertiary/aromatic N) is 4. The van der Waals surface area contributed by atoms with Crippen LogP contribution in [-0.2, 0) is 6.42 Å². The van der Waals surface area contributed by atoms with Crippen LogP contribution in [0.2, 0.25) is 5.02 Å². The maximum absolute atomic E-state index is 6.11. The van der Waals surface area contributed by atoms with Gasteiger partial charge in [-0.15, -0.1) is 0 Å². The maximum atomic E-state index is 6.11. The molecule has 2 heterocycles. The van der Waals surface area contributed by atoms with Gasteiger partial charge in [0.25, 0.3) is 0 Å². The molecule has 3 rings (SSSR count). The van der Waals surface area contributed by atoms with Crippen LogP contribution in [0.5, 0.6) is 0 Å². The molecule has 0 aliphatic carbocycles. The van der Waals surface area contributed by atoms with Crippen molar-refractivity contribution in [2.24, 2.45) is 4.99 Å². The Morgan fingerprint density at radius 2 is 2.04 bits per heavy atom. The van der Waals surface area contributed by atoms with Gasteiger partial charge in [-0.1, -0.05) is 17.7 Å². The van der Waals surface area contributed by atoms with Crippen LogP contribution in [0.4, 0.5) is 5.69 Å². The first-order chi connectivity index (χ1) is 12.7. The molecule has 1 aliphatic heterocycles. The van der Waals surface area contributed by atoms with E-state index in [0.717, 1.165) is 50.1 Å². The van der Waals surface area contributed by atoms with Crippen LogP contribution in [-0.4, -0.2) is 55.6 Å². The highest BCUT2D eigenvalue weighted by atomic mass is 35.5. The Labute approximate surface area is 160 Å². The number of guanidine groups is 1. The van der Waals surface area contributed by atoms with E-state index < -0.39 is 0 Å². The summed E-state index contributed by atoms with van der Waals surface area (Å²) in [5, 5.41) is 4.28. The molecule has 1 saturated heterocycles. The molecule has 0 unspecified atom stereocenters. The summed E-state index contributed by atoms with van der Waals surface area (Å²) in [4.78, 5) is 13.3. The second kappa shape index (κ2) is 8.90. The smallest absolute Gasteiger partial charge is 0.193 e. The second-order valence-corrected chi connectivity index (χ2v) is 6.92. The molecule has 2 aromatic rings. The molecule has 26 heavy (non-hydrogen) atoms. The minimum Gasteiger partial charge on any atom is -0.368 e. The largest absolute Gasteiger partial charge is 0.368 e. The second-order valence-electron chi connectivity index (χ2n) is 6.48. The molecular formula is C20H26ClN5. The Morgan fingerprint density at radius 1 is 1.23 bits per heavy atom. The quantitative estimate of drug-likeness (QED) is 0.662. The standard InChI is InChI=1S/C20H26ClN5/c1-16-15-23-8-6-17(16)7-9-24-20(22-2)26-12-10-25(11-13-26)19-5-3-4-18(21)14-19/h3-6,8,14-15H,7,9-13H2,1-2H3,(H,22,24). The molecule has 0 bridgehead atoms. The van der Waals surface area contributed by atoms with Gasteiger partial charge in [-0.25, -0.2) is 0 Å². The summed E-state index contributed by atoms with van der Waals surface area (Å²) in [7, 11) is 1.85. The Bertz CT molecular complexity index is 753. The van der Waals surface area contributed by atoms with Crippen LogP contribution in [0.15, 0.2) is 47.7 Å². The average Bonchev–Trinajstić information content (AvgIpc) is 2.67. The van der Waals surface area contributed by atoms with E-state index in [-0.39, 0.29) is 0 Å². The number of hydrogen-bond donors (Lipinski definition) is 1. The molecule has 0 atom stereocenters. The molecule has 1 aromatic carbocycles. The molecule has 5 nitrogen and oxygen atoms in total. The first-order valence-electron chi connectivity index (χ1n) is 9.03. The van der Waals surface area contributed by atoms with Crippen LogP contribution in [0, 0.1) is 6.92 Å². The number of aromatic nitrogens is 1. The fourth-order valence-corrected chi connectivity index (χ4v) is 3.46. The zero-order valence-corrected chi connectivity index (χ0v) is 16.2. The molecule has 0 amide bonds. The Hall–Kier alpha value is -2.27. The lowest BCUT2D eigenvalue weighted by Crippen LogP contribution is -2.52. The van der Waals surface area contributed by atoms with E-state index in [1.54, 1.807) is 0 Å².